The molecule has 0 N–H and O–H groups in total. The number of halogens is 1. The lowest BCUT2D eigenvalue weighted by Crippen LogP contribution is -1.99. The Morgan fingerprint density at radius 2 is 2.31 bits per heavy atom. The Morgan fingerprint density at radius 1 is 1.56 bits per heavy atom. The number of para-hydroxylation sites is 1. The number of benzene rings is 1. The van der Waals surface area contributed by atoms with Crippen molar-refractivity contribution in [3.05, 3.63) is 28.3 Å². The number of nitrogens with zero attached hydrogens (tertiary/aromatic N) is 1. The number of rotatable bonds is 6. The molecular formula is C10H12ClNO3S. The second-order valence-corrected chi connectivity index (χ2v) is 4.35. The van der Waals surface area contributed by atoms with Gasteiger partial charge in [-0.05, 0) is 19.1 Å². The van der Waals surface area contributed by atoms with E-state index in [9.17, 15) is 10.1 Å². The largest absolute Gasteiger partial charge is 0.487 e. The summed E-state index contributed by atoms with van der Waals surface area (Å²) in [5.74, 6) is 1.41. The van der Waals surface area contributed by atoms with Gasteiger partial charge in [0.15, 0.2) is 5.75 Å². The van der Waals surface area contributed by atoms with Gasteiger partial charge < -0.3 is 4.74 Å². The third kappa shape index (κ3) is 3.28. The van der Waals surface area contributed by atoms with E-state index in [0.29, 0.717) is 28.9 Å². The molecule has 6 heteroatoms. The van der Waals surface area contributed by atoms with Gasteiger partial charge in [0, 0.05) is 11.6 Å². The fraction of sp³-hybridized carbons (Fsp3) is 0.400. The second-order valence-electron chi connectivity index (χ2n) is 2.83. The summed E-state index contributed by atoms with van der Waals surface area (Å²) in [6, 6.07) is 5.05. The molecule has 1 rings (SSSR count). The van der Waals surface area contributed by atoms with E-state index in [1.807, 2.05) is 0 Å². The first kappa shape index (κ1) is 13.1. The molecule has 0 amide bonds. The topological polar surface area (TPSA) is 52.4 Å². The van der Waals surface area contributed by atoms with E-state index in [2.05, 4.69) is 0 Å². The van der Waals surface area contributed by atoms with Gasteiger partial charge >= 0.3 is 5.69 Å². The van der Waals surface area contributed by atoms with Crippen LogP contribution in [-0.2, 0) is 0 Å². The highest BCUT2D eigenvalue weighted by Gasteiger charge is 2.20. The maximum Gasteiger partial charge on any atom is 0.324 e. The number of hydrogen-bond acceptors (Lipinski definition) is 4. The van der Waals surface area contributed by atoms with Crippen LogP contribution in [0.4, 0.5) is 5.69 Å². The Kier molecular flexibility index (Phi) is 5.42. The lowest BCUT2D eigenvalue weighted by molar-refractivity contribution is -0.388. The van der Waals surface area contributed by atoms with Crippen molar-refractivity contribution in [2.75, 3.05) is 18.2 Å². The quantitative estimate of drug-likeness (QED) is 0.341. The van der Waals surface area contributed by atoms with Crippen LogP contribution in [0.5, 0.6) is 5.75 Å². The van der Waals surface area contributed by atoms with Gasteiger partial charge in [-0.2, -0.15) is 0 Å². The molecular weight excluding hydrogens is 250 g/mol. The maximum atomic E-state index is 11.0. The molecule has 0 saturated carbocycles. The predicted molar refractivity (Wildman–Crippen MR) is 65.7 cm³/mol. The average Bonchev–Trinajstić information content (AvgIpc) is 2.26. The fourth-order valence-electron chi connectivity index (χ4n) is 1.22. The van der Waals surface area contributed by atoms with Crippen LogP contribution in [0.1, 0.15) is 6.92 Å². The van der Waals surface area contributed by atoms with Gasteiger partial charge in [-0.3, -0.25) is 10.1 Å². The van der Waals surface area contributed by atoms with E-state index in [-0.39, 0.29) is 5.69 Å². The molecule has 1 aromatic carbocycles. The van der Waals surface area contributed by atoms with Crippen LogP contribution in [0.15, 0.2) is 23.1 Å². The third-order valence-corrected chi connectivity index (χ3v) is 3.24. The van der Waals surface area contributed by atoms with Crippen LogP contribution in [0.25, 0.3) is 0 Å². The van der Waals surface area contributed by atoms with E-state index in [4.69, 9.17) is 16.3 Å². The number of thioether (sulfide) groups is 1. The van der Waals surface area contributed by atoms with Crippen LogP contribution >= 0.6 is 23.4 Å². The minimum atomic E-state index is -0.415. The summed E-state index contributed by atoms with van der Waals surface area (Å²) in [7, 11) is 0. The Labute approximate surface area is 103 Å². The summed E-state index contributed by atoms with van der Waals surface area (Å²) in [4.78, 5) is 11.1. The highest BCUT2D eigenvalue weighted by molar-refractivity contribution is 7.99. The van der Waals surface area contributed by atoms with Crippen molar-refractivity contribution in [2.45, 2.75) is 11.8 Å². The average molecular weight is 262 g/mol. The zero-order valence-corrected chi connectivity index (χ0v) is 10.4. The van der Waals surface area contributed by atoms with E-state index < -0.39 is 4.92 Å². The van der Waals surface area contributed by atoms with Gasteiger partial charge in [0.05, 0.1) is 16.4 Å². The minimum Gasteiger partial charge on any atom is -0.487 e. The third-order valence-electron chi connectivity index (χ3n) is 1.78. The Hall–Kier alpha value is -0.940. The van der Waals surface area contributed by atoms with E-state index in [0.717, 1.165) is 0 Å². The smallest absolute Gasteiger partial charge is 0.324 e. The molecule has 1 aromatic rings. The number of ether oxygens (including phenoxy) is 1. The summed E-state index contributed by atoms with van der Waals surface area (Å²) in [5, 5.41) is 11.0. The molecule has 0 unspecified atom stereocenters. The molecule has 0 bridgehead atoms. The summed E-state index contributed by atoms with van der Waals surface area (Å²) in [5.41, 5.74) is 0.0273. The molecule has 0 aliphatic heterocycles. The Morgan fingerprint density at radius 3 is 2.88 bits per heavy atom. The van der Waals surface area contributed by atoms with Crippen molar-refractivity contribution in [3.63, 3.8) is 0 Å². The fourth-order valence-corrected chi connectivity index (χ4v) is 2.23. The highest BCUT2D eigenvalue weighted by Crippen LogP contribution is 2.37. The summed E-state index contributed by atoms with van der Waals surface area (Å²) in [6.45, 7) is 2.20. The molecule has 0 spiro atoms. The molecule has 0 aromatic heterocycles. The molecule has 88 valence electrons. The van der Waals surface area contributed by atoms with Crippen molar-refractivity contribution < 1.29 is 9.66 Å². The monoisotopic (exact) mass is 261 g/mol. The second kappa shape index (κ2) is 6.60. The van der Waals surface area contributed by atoms with E-state index in [1.165, 1.54) is 11.8 Å². The molecule has 0 aliphatic carbocycles. The first-order chi connectivity index (χ1) is 7.70. The molecule has 0 atom stereocenters. The van der Waals surface area contributed by atoms with E-state index in [1.54, 1.807) is 25.1 Å². The molecule has 16 heavy (non-hydrogen) atoms. The Bertz CT molecular complexity index is 373. The van der Waals surface area contributed by atoms with Gasteiger partial charge in [0.25, 0.3) is 0 Å². The van der Waals surface area contributed by atoms with Crippen molar-refractivity contribution in [1.82, 2.24) is 0 Å². The molecule has 0 aliphatic rings. The minimum absolute atomic E-state index is 0.0273. The summed E-state index contributed by atoms with van der Waals surface area (Å²) >= 11 is 6.92. The van der Waals surface area contributed by atoms with Crippen LogP contribution in [-0.4, -0.2) is 23.2 Å². The number of nitro groups is 1. The Balaban J connectivity index is 3.05. The van der Waals surface area contributed by atoms with Gasteiger partial charge in [-0.1, -0.05) is 6.07 Å². The maximum absolute atomic E-state index is 11.0. The predicted octanol–water partition coefficient (Wildman–Crippen LogP) is 3.32. The lowest BCUT2D eigenvalue weighted by Gasteiger charge is -2.07. The molecule has 0 fully saturated rings. The van der Waals surface area contributed by atoms with Crippen LogP contribution in [0, 0.1) is 10.1 Å². The van der Waals surface area contributed by atoms with Crippen LogP contribution < -0.4 is 4.74 Å². The normalized spacial score (nSPS) is 10.1. The lowest BCUT2D eigenvalue weighted by atomic mass is 10.3. The van der Waals surface area contributed by atoms with Crippen molar-refractivity contribution in [1.29, 1.82) is 0 Å². The van der Waals surface area contributed by atoms with Crippen molar-refractivity contribution in [2.24, 2.45) is 0 Å². The molecule has 0 saturated heterocycles. The number of hydrogen-bond donors (Lipinski definition) is 0. The van der Waals surface area contributed by atoms with Gasteiger partial charge in [-0.15, -0.1) is 23.4 Å². The SMILES string of the molecule is CCOc1cccc(SCCCl)c1[N+](=O)[O-]. The van der Waals surface area contributed by atoms with Crippen LogP contribution in [0.3, 0.4) is 0 Å². The molecule has 0 radical (unpaired) electrons. The van der Waals surface area contributed by atoms with Gasteiger partial charge in [0.1, 0.15) is 0 Å². The van der Waals surface area contributed by atoms with Crippen LogP contribution in [0.2, 0.25) is 0 Å². The van der Waals surface area contributed by atoms with Gasteiger partial charge in [-0.25, -0.2) is 0 Å². The zero-order chi connectivity index (χ0) is 12.0. The molecule has 0 heterocycles. The number of nitro benzene ring substituents is 1. The first-order valence-electron chi connectivity index (χ1n) is 4.79. The summed E-state index contributed by atoms with van der Waals surface area (Å²) < 4.78 is 5.23. The summed E-state index contributed by atoms with van der Waals surface area (Å²) in [6.07, 6.45) is 0. The van der Waals surface area contributed by atoms with Crippen molar-refractivity contribution in [3.8, 4) is 5.75 Å². The van der Waals surface area contributed by atoms with Crippen molar-refractivity contribution >= 4 is 29.1 Å². The first-order valence-corrected chi connectivity index (χ1v) is 6.31. The number of alkyl halides is 1. The highest BCUT2D eigenvalue weighted by atomic mass is 35.5. The zero-order valence-electron chi connectivity index (χ0n) is 8.81. The van der Waals surface area contributed by atoms with E-state index >= 15 is 0 Å². The molecule has 4 nitrogen and oxygen atoms in total. The van der Waals surface area contributed by atoms with Gasteiger partial charge in [0.2, 0.25) is 0 Å². The standard InChI is InChI=1S/C10H12ClNO3S/c1-2-15-8-4-3-5-9(16-7-6-11)10(8)12(13)14/h3-5H,2,6-7H2,1H3.